The smallest absolute Gasteiger partial charge is 0.416 e. The number of alkyl halides is 6. The van der Waals surface area contributed by atoms with Crippen molar-refractivity contribution in [1.82, 2.24) is 4.90 Å². The van der Waals surface area contributed by atoms with E-state index in [4.69, 9.17) is 18.9 Å². The van der Waals surface area contributed by atoms with E-state index in [1.54, 1.807) is 19.9 Å². The van der Waals surface area contributed by atoms with Gasteiger partial charge in [-0.05, 0) is 56.5 Å². The van der Waals surface area contributed by atoms with Crippen LogP contribution in [0.1, 0.15) is 68.3 Å². The SMILES string of the molecule is CCCCOc1cc2c(cc1OC)C(N(Cc1cc(C(F)(F)F)cc(C(F)(F)F)c1)C(=O)OC)CC(C)N2C(=O)OCC. The summed E-state index contributed by atoms with van der Waals surface area (Å²) in [6.07, 6.45) is -10.2. The Morgan fingerprint density at radius 3 is 2.09 bits per heavy atom. The second-order valence-electron chi connectivity index (χ2n) is 9.95. The Morgan fingerprint density at radius 2 is 1.58 bits per heavy atom. The van der Waals surface area contributed by atoms with E-state index in [0.29, 0.717) is 30.1 Å². The fourth-order valence-corrected chi connectivity index (χ4v) is 4.93. The molecule has 0 fully saturated rings. The summed E-state index contributed by atoms with van der Waals surface area (Å²) in [4.78, 5) is 28.5. The van der Waals surface area contributed by atoms with Gasteiger partial charge in [-0.3, -0.25) is 9.80 Å². The van der Waals surface area contributed by atoms with Crippen LogP contribution in [0.15, 0.2) is 30.3 Å². The molecule has 8 nitrogen and oxygen atoms in total. The molecule has 14 heteroatoms. The van der Waals surface area contributed by atoms with Crippen LogP contribution >= 0.6 is 0 Å². The Morgan fingerprint density at radius 1 is 0.953 bits per heavy atom. The number of carbonyl (C=O) groups is 2. The first-order chi connectivity index (χ1) is 20.2. The number of nitrogens with zero attached hydrogens (tertiary/aromatic N) is 2. The third-order valence-corrected chi connectivity index (χ3v) is 6.94. The number of ether oxygens (including phenoxy) is 4. The Labute approximate surface area is 245 Å². The van der Waals surface area contributed by atoms with E-state index in [-0.39, 0.29) is 30.5 Å². The van der Waals surface area contributed by atoms with Gasteiger partial charge in [0.2, 0.25) is 0 Å². The van der Waals surface area contributed by atoms with Gasteiger partial charge in [-0.25, -0.2) is 9.59 Å². The van der Waals surface area contributed by atoms with Gasteiger partial charge in [-0.15, -0.1) is 0 Å². The highest BCUT2D eigenvalue weighted by Crippen LogP contribution is 2.47. The van der Waals surface area contributed by atoms with Crippen LogP contribution in [-0.2, 0) is 28.4 Å². The lowest BCUT2D eigenvalue weighted by Gasteiger charge is -2.42. The molecule has 0 bridgehead atoms. The van der Waals surface area contributed by atoms with E-state index in [2.05, 4.69) is 0 Å². The molecule has 238 valence electrons. The number of rotatable bonds is 9. The Kier molecular flexibility index (Phi) is 10.7. The molecule has 0 spiro atoms. The van der Waals surface area contributed by atoms with Crippen LogP contribution in [-0.4, -0.2) is 50.6 Å². The zero-order chi connectivity index (χ0) is 32.1. The molecule has 3 rings (SSSR count). The summed E-state index contributed by atoms with van der Waals surface area (Å²) >= 11 is 0. The minimum Gasteiger partial charge on any atom is -0.493 e. The molecule has 2 aromatic carbocycles. The van der Waals surface area contributed by atoms with Crippen LogP contribution in [0, 0.1) is 0 Å². The lowest BCUT2D eigenvalue weighted by molar-refractivity contribution is -0.143. The molecule has 2 atom stereocenters. The number of anilines is 1. The van der Waals surface area contributed by atoms with Crippen molar-refractivity contribution in [3.63, 3.8) is 0 Å². The standard InChI is InChI=1S/C29H34F6N2O6/c1-6-8-9-43-25-15-23-21(14-24(25)40-4)22(10-17(3)37(23)27(39)42-7-2)36(26(38)41-5)16-18-11-19(28(30,31)32)13-20(12-18)29(33,34)35/h11-15,17,22H,6-10,16H2,1-5H3. The minimum atomic E-state index is -5.07. The molecule has 0 N–H and O–H groups in total. The van der Waals surface area contributed by atoms with Gasteiger partial charge in [0.15, 0.2) is 11.5 Å². The molecular formula is C29H34F6N2O6. The highest BCUT2D eigenvalue weighted by molar-refractivity contribution is 5.91. The lowest BCUT2D eigenvalue weighted by Crippen LogP contribution is -2.47. The third-order valence-electron chi connectivity index (χ3n) is 6.94. The van der Waals surface area contributed by atoms with Gasteiger partial charge in [-0.1, -0.05) is 13.3 Å². The molecule has 2 unspecified atom stereocenters. The molecule has 0 saturated heterocycles. The fraction of sp³-hybridized carbons (Fsp3) is 0.517. The number of halogens is 6. The average molecular weight is 621 g/mol. The molecular weight excluding hydrogens is 586 g/mol. The number of benzene rings is 2. The van der Waals surface area contributed by atoms with Crippen LogP contribution in [0.25, 0.3) is 0 Å². The van der Waals surface area contributed by atoms with Gasteiger partial charge >= 0.3 is 24.5 Å². The number of carbonyl (C=O) groups excluding carboxylic acids is 2. The normalized spacial score (nSPS) is 16.8. The number of amides is 2. The summed E-state index contributed by atoms with van der Waals surface area (Å²) in [5.74, 6) is 0.552. The van der Waals surface area contributed by atoms with E-state index in [1.165, 1.54) is 18.1 Å². The first-order valence-corrected chi connectivity index (χ1v) is 13.6. The van der Waals surface area contributed by atoms with Gasteiger partial charge in [0.25, 0.3) is 0 Å². The largest absolute Gasteiger partial charge is 0.493 e. The lowest BCUT2D eigenvalue weighted by atomic mass is 9.90. The Hall–Kier alpha value is -3.84. The molecule has 1 aliphatic heterocycles. The van der Waals surface area contributed by atoms with Crippen LogP contribution < -0.4 is 14.4 Å². The van der Waals surface area contributed by atoms with E-state index in [0.717, 1.165) is 24.9 Å². The highest BCUT2D eigenvalue weighted by Gasteiger charge is 2.41. The first kappa shape index (κ1) is 33.7. The van der Waals surface area contributed by atoms with Gasteiger partial charge in [0, 0.05) is 24.2 Å². The third kappa shape index (κ3) is 7.77. The van der Waals surface area contributed by atoms with Crippen molar-refractivity contribution in [3.8, 4) is 11.5 Å². The monoisotopic (exact) mass is 620 g/mol. The second kappa shape index (κ2) is 13.6. The van der Waals surface area contributed by atoms with E-state index >= 15 is 0 Å². The summed E-state index contributed by atoms with van der Waals surface area (Å²) in [5.41, 5.74) is -2.82. The minimum absolute atomic E-state index is 0.0200. The van der Waals surface area contributed by atoms with Crippen molar-refractivity contribution < 1.29 is 54.9 Å². The van der Waals surface area contributed by atoms with Crippen LogP contribution in [0.2, 0.25) is 0 Å². The van der Waals surface area contributed by atoms with Crippen molar-refractivity contribution in [2.75, 3.05) is 32.3 Å². The Balaban J connectivity index is 2.20. The summed E-state index contributed by atoms with van der Waals surface area (Å²) in [7, 11) is 2.43. The molecule has 0 aliphatic carbocycles. The Bertz CT molecular complexity index is 1270. The molecule has 0 saturated carbocycles. The number of methoxy groups -OCH3 is 2. The average Bonchev–Trinajstić information content (AvgIpc) is 2.94. The summed E-state index contributed by atoms with van der Waals surface area (Å²) < 4.78 is 103. The maximum atomic E-state index is 13.6. The van der Waals surface area contributed by atoms with Gasteiger partial charge < -0.3 is 18.9 Å². The van der Waals surface area contributed by atoms with Crippen LogP contribution in [0.5, 0.6) is 11.5 Å². The quantitative estimate of drug-likeness (QED) is 0.209. The summed E-state index contributed by atoms with van der Waals surface area (Å²) in [5, 5.41) is 0. The molecule has 43 heavy (non-hydrogen) atoms. The van der Waals surface area contributed by atoms with Crippen molar-refractivity contribution in [3.05, 3.63) is 52.6 Å². The topological polar surface area (TPSA) is 77.5 Å². The van der Waals surface area contributed by atoms with Gasteiger partial charge in [0.05, 0.1) is 50.3 Å². The maximum absolute atomic E-state index is 13.6. The molecule has 0 radical (unpaired) electrons. The van der Waals surface area contributed by atoms with Crippen molar-refractivity contribution in [2.45, 2.75) is 71.0 Å². The highest BCUT2D eigenvalue weighted by atomic mass is 19.4. The summed E-state index contributed by atoms with van der Waals surface area (Å²) in [6.45, 7) is 5.04. The predicted octanol–water partition coefficient (Wildman–Crippen LogP) is 7.98. The van der Waals surface area contributed by atoms with Crippen LogP contribution in [0.3, 0.4) is 0 Å². The van der Waals surface area contributed by atoms with Crippen molar-refractivity contribution in [2.24, 2.45) is 0 Å². The number of fused-ring (bicyclic) bond motifs is 1. The van der Waals surface area contributed by atoms with E-state index in [1.807, 2.05) is 6.92 Å². The number of hydrogen-bond donors (Lipinski definition) is 0. The zero-order valence-corrected chi connectivity index (χ0v) is 24.4. The summed E-state index contributed by atoms with van der Waals surface area (Å²) in [6, 6.07) is 2.65. The van der Waals surface area contributed by atoms with Gasteiger partial charge in [-0.2, -0.15) is 26.3 Å². The second-order valence-corrected chi connectivity index (χ2v) is 9.95. The molecule has 0 aromatic heterocycles. The van der Waals surface area contributed by atoms with Crippen molar-refractivity contribution in [1.29, 1.82) is 0 Å². The molecule has 2 amide bonds. The van der Waals surface area contributed by atoms with Crippen molar-refractivity contribution >= 4 is 17.9 Å². The van der Waals surface area contributed by atoms with E-state index in [9.17, 15) is 35.9 Å². The number of unbranched alkanes of at least 4 members (excludes halogenated alkanes) is 1. The predicted molar refractivity (Wildman–Crippen MR) is 144 cm³/mol. The molecule has 1 heterocycles. The van der Waals surface area contributed by atoms with Gasteiger partial charge in [0.1, 0.15) is 0 Å². The number of hydrogen-bond acceptors (Lipinski definition) is 6. The fourth-order valence-electron chi connectivity index (χ4n) is 4.93. The zero-order valence-electron chi connectivity index (χ0n) is 24.4. The van der Waals surface area contributed by atoms with Crippen LogP contribution in [0.4, 0.5) is 41.6 Å². The molecule has 2 aromatic rings. The van der Waals surface area contributed by atoms with E-state index < -0.39 is 59.9 Å². The maximum Gasteiger partial charge on any atom is 0.416 e. The molecule has 1 aliphatic rings. The first-order valence-electron chi connectivity index (χ1n) is 13.6.